The van der Waals surface area contributed by atoms with Gasteiger partial charge in [0, 0.05) is 7.05 Å². The van der Waals surface area contributed by atoms with Crippen LogP contribution >= 0.6 is 11.8 Å². The number of ether oxygens (including phenoxy) is 1. The highest BCUT2D eigenvalue weighted by atomic mass is 32.2. The van der Waals surface area contributed by atoms with Gasteiger partial charge in [0.1, 0.15) is 16.6 Å². The first kappa shape index (κ1) is 11.7. The second-order valence-electron chi connectivity index (χ2n) is 3.25. The minimum Gasteiger partial charge on any atom is -0.496 e. The number of nitrogens with one attached hydrogen (secondary N) is 1. The molecule has 1 aromatic heterocycles. The maximum atomic E-state index is 5.29. The Bertz CT molecular complexity index is 505. The number of hydrogen-bond donors (Lipinski definition) is 1. The molecule has 0 saturated heterocycles. The van der Waals surface area contributed by atoms with Gasteiger partial charge >= 0.3 is 0 Å². The molecule has 2 aromatic rings. The molecule has 1 N–H and O–H groups in total. The highest BCUT2D eigenvalue weighted by Gasteiger charge is 2.05. The molecule has 5 heteroatoms. The van der Waals surface area contributed by atoms with Gasteiger partial charge in [0.2, 0.25) is 0 Å². The Hall–Kier alpha value is -1.75. The van der Waals surface area contributed by atoms with Crippen LogP contribution in [0.3, 0.4) is 0 Å². The van der Waals surface area contributed by atoms with Crippen LogP contribution in [-0.4, -0.2) is 24.1 Å². The average Bonchev–Trinajstić information content (AvgIpc) is 2.39. The molecule has 0 aliphatic carbocycles. The van der Waals surface area contributed by atoms with E-state index in [1.165, 1.54) is 11.8 Å². The molecule has 0 aliphatic rings. The molecule has 0 spiro atoms. The summed E-state index contributed by atoms with van der Waals surface area (Å²) in [6.07, 6.45) is 3.42. The van der Waals surface area contributed by atoms with Crippen molar-refractivity contribution in [3.8, 4) is 5.75 Å². The molecular formula is C12H13N3OS. The number of benzene rings is 1. The lowest BCUT2D eigenvalue weighted by Gasteiger charge is -2.07. The van der Waals surface area contributed by atoms with Gasteiger partial charge < -0.3 is 10.1 Å². The topological polar surface area (TPSA) is 47.0 Å². The van der Waals surface area contributed by atoms with E-state index in [1.807, 2.05) is 31.3 Å². The molecule has 0 fully saturated rings. The molecule has 0 saturated carbocycles. The summed E-state index contributed by atoms with van der Waals surface area (Å²) in [5, 5.41) is 3.80. The van der Waals surface area contributed by atoms with Crippen LogP contribution < -0.4 is 10.1 Å². The molecule has 0 aliphatic heterocycles. The molecule has 0 radical (unpaired) electrons. The average molecular weight is 247 g/mol. The summed E-state index contributed by atoms with van der Waals surface area (Å²) in [4.78, 5) is 9.54. The van der Waals surface area contributed by atoms with Gasteiger partial charge in [-0.15, -0.1) is 0 Å². The molecule has 4 nitrogen and oxygen atoms in total. The van der Waals surface area contributed by atoms with Gasteiger partial charge in [0.05, 0.1) is 24.4 Å². The molecule has 2 rings (SSSR count). The first-order chi connectivity index (χ1) is 8.33. The zero-order chi connectivity index (χ0) is 12.1. The Morgan fingerprint density at radius 1 is 1.24 bits per heavy atom. The third-order valence-corrected chi connectivity index (χ3v) is 3.12. The van der Waals surface area contributed by atoms with Crippen molar-refractivity contribution in [1.29, 1.82) is 0 Å². The summed E-state index contributed by atoms with van der Waals surface area (Å²) in [7, 11) is 3.48. The Labute approximate surface area is 104 Å². The highest BCUT2D eigenvalue weighted by molar-refractivity contribution is 7.99. The van der Waals surface area contributed by atoms with Gasteiger partial charge in [-0.2, -0.15) is 0 Å². The first-order valence-corrected chi connectivity index (χ1v) is 5.96. The zero-order valence-electron chi connectivity index (χ0n) is 9.68. The minimum absolute atomic E-state index is 0.755. The normalized spacial score (nSPS) is 10.0. The second kappa shape index (κ2) is 5.54. The smallest absolute Gasteiger partial charge is 0.145 e. The van der Waals surface area contributed by atoms with Crippen molar-refractivity contribution in [2.24, 2.45) is 0 Å². The number of nitrogens with zero attached hydrogens (tertiary/aromatic N) is 2. The van der Waals surface area contributed by atoms with E-state index in [1.54, 1.807) is 19.5 Å². The van der Waals surface area contributed by atoms with E-state index in [0.717, 1.165) is 21.5 Å². The van der Waals surface area contributed by atoms with E-state index in [4.69, 9.17) is 4.74 Å². The van der Waals surface area contributed by atoms with Gasteiger partial charge in [-0.05, 0) is 12.1 Å². The van der Waals surface area contributed by atoms with Crippen molar-refractivity contribution < 1.29 is 4.74 Å². The van der Waals surface area contributed by atoms with Crippen LogP contribution in [0.25, 0.3) is 0 Å². The fourth-order valence-corrected chi connectivity index (χ4v) is 2.21. The van der Waals surface area contributed by atoms with Crippen LogP contribution in [0, 0.1) is 0 Å². The lowest BCUT2D eigenvalue weighted by molar-refractivity contribution is 0.405. The number of hydrogen-bond acceptors (Lipinski definition) is 5. The molecule has 1 aromatic carbocycles. The summed E-state index contributed by atoms with van der Waals surface area (Å²) < 4.78 is 5.29. The quantitative estimate of drug-likeness (QED) is 0.900. The van der Waals surface area contributed by atoms with E-state index in [9.17, 15) is 0 Å². The van der Waals surface area contributed by atoms with E-state index < -0.39 is 0 Å². The molecule has 88 valence electrons. The summed E-state index contributed by atoms with van der Waals surface area (Å²) >= 11 is 1.53. The fraction of sp³-hybridized carbons (Fsp3) is 0.167. The predicted molar refractivity (Wildman–Crippen MR) is 68.7 cm³/mol. The molecule has 0 amide bonds. The summed E-state index contributed by atoms with van der Waals surface area (Å²) in [5.74, 6) is 1.60. The number of methoxy groups -OCH3 is 1. The number of aromatic nitrogens is 2. The SMILES string of the molecule is CNc1cncc(Sc2ccccc2OC)n1. The third-order valence-electron chi connectivity index (χ3n) is 2.15. The van der Waals surface area contributed by atoms with Gasteiger partial charge in [-0.1, -0.05) is 23.9 Å². The second-order valence-corrected chi connectivity index (χ2v) is 4.31. The number of rotatable bonds is 4. The summed E-state index contributed by atoms with van der Waals surface area (Å²) in [6, 6.07) is 7.84. The zero-order valence-corrected chi connectivity index (χ0v) is 10.5. The predicted octanol–water partition coefficient (Wildman–Crippen LogP) is 2.68. The largest absolute Gasteiger partial charge is 0.496 e. The van der Waals surface area contributed by atoms with Crippen LogP contribution in [-0.2, 0) is 0 Å². The number of anilines is 1. The van der Waals surface area contributed by atoms with Crippen LogP contribution in [0.4, 0.5) is 5.82 Å². The summed E-state index contributed by atoms with van der Waals surface area (Å²) in [5.41, 5.74) is 0. The molecule has 1 heterocycles. The van der Waals surface area contributed by atoms with Gasteiger partial charge in [0.25, 0.3) is 0 Å². The molecule has 17 heavy (non-hydrogen) atoms. The van der Waals surface area contributed by atoms with Crippen LogP contribution in [0.1, 0.15) is 0 Å². The van der Waals surface area contributed by atoms with Crippen molar-refractivity contribution in [3.63, 3.8) is 0 Å². The molecular weight excluding hydrogens is 234 g/mol. The van der Waals surface area contributed by atoms with Crippen LogP contribution in [0.2, 0.25) is 0 Å². The van der Waals surface area contributed by atoms with E-state index in [-0.39, 0.29) is 0 Å². The molecule has 0 atom stereocenters. The van der Waals surface area contributed by atoms with Crippen molar-refractivity contribution in [2.45, 2.75) is 9.92 Å². The molecule has 0 bridgehead atoms. The van der Waals surface area contributed by atoms with E-state index >= 15 is 0 Å². The minimum atomic E-state index is 0.755. The Morgan fingerprint density at radius 3 is 2.82 bits per heavy atom. The van der Waals surface area contributed by atoms with Gasteiger partial charge in [-0.3, -0.25) is 4.98 Å². The lowest BCUT2D eigenvalue weighted by Crippen LogP contribution is -1.94. The maximum absolute atomic E-state index is 5.29. The van der Waals surface area contributed by atoms with Crippen LogP contribution in [0.5, 0.6) is 5.75 Å². The number of para-hydroxylation sites is 1. The lowest BCUT2D eigenvalue weighted by atomic mass is 10.3. The van der Waals surface area contributed by atoms with Crippen molar-refractivity contribution in [2.75, 3.05) is 19.5 Å². The van der Waals surface area contributed by atoms with E-state index in [2.05, 4.69) is 15.3 Å². The van der Waals surface area contributed by atoms with E-state index in [0.29, 0.717) is 0 Å². The summed E-state index contributed by atoms with van der Waals surface area (Å²) in [6.45, 7) is 0. The van der Waals surface area contributed by atoms with Gasteiger partial charge in [-0.25, -0.2) is 4.98 Å². The van der Waals surface area contributed by atoms with Crippen molar-refractivity contribution >= 4 is 17.6 Å². The fourth-order valence-electron chi connectivity index (χ4n) is 1.33. The Morgan fingerprint density at radius 2 is 2.06 bits per heavy atom. The highest BCUT2D eigenvalue weighted by Crippen LogP contribution is 2.33. The Balaban J connectivity index is 2.24. The van der Waals surface area contributed by atoms with Crippen molar-refractivity contribution in [3.05, 3.63) is 36.7 Å². The monoisotopic (exact) mass is 247 g/mol. The third kappa shape index (κ3) is 2.88. The van der Waals surface area contributed by atoms with Gasteiger partial charge in [0.15, 0.2) is 0 Å². The van der Waals surface area contributed by atoms with Crippen LogP contribution in [0.15, 0.2) is 46.6 Å². The van der Waals surface area contributed by atoms with Crippen molar-refractivity contribution in [1.82, 2.24) is 9.97 Å². The first-order valence-electron chi connectivity index (χ1n) is 5.14. The molecule has 0 unspecified atom stereocenters. The maximum Gasteiger partial charge on any atom is 0.145 e. The Kier molecular flexibility index (Phi) is 3.82. The standard InChI is InChI=1S/C12H13N3OS/c1-13-11-7-14-8-12(15-11)17-10-6-4-3-5-9(10)16-2/h3-8H,1-2H3,(H,13,15).